The summed E-state index contributed by atoms with van der Waals surface area (Å²) >= 11 is 0. The van der Waals surface area contributed by atoms with E-state index in [0.717, 1.165) is 23.5 Å². The van der Waals surface area contributed by atoms with Crippen LogP contribution in [0.1, 0.15) is 25.8 Å². The van der Waals surface area contributed by atoms with Gasteiger partial charge in [-0.2, -0.15) is 0 Å². The molecule has 0 fully saturated rings. The summed E-state index contributed by atoms with van der Waals surface area (Å²) in [6.07, 6.45) is 0.934. The Morgan fingerprint density at radius 2 is 2.26 bits per heavy atom. The van der Waals surface area contributed by atoms with Crippen LogP contribution >= 0.6 is 0 Å². The molecule has 2 rings (SSSR count). The molecule has 0 bridgehead atoms. The molecule has 104 valence electrons. The minimum Gasteiger partial charge on any atom is -0.454 e. The van der Waals surface area contributed by atoms with E-state index in [1.54, 1.807) is 0 Å². The minimum absolute atomic E-state index is 0.0131. The third-order valence-corrected chi connectivity index (χ3v) is 3.10. The molecule has 1 unspecified atom stereocenters. The molecule has 1 aromatic carbocycles. The van der Waals surface area contributed by atoms with Crippen LogP contribution in [-0.2, 0) is 11.3 Å². The molecule has 2 N–H and O–H groups in total. The van der Waals surface area contributed by atoms with Crippen LogP contribution in [0.15, 0.2) is 18.2 Å². The fourth-order valence-electron chi connectivity index (χ4n) is 1.87. The molecular weight excluding hydrogens is 244 g/mol. The quantitative estimate of drug-likeness (QED) is 0.816. The summed E-state index contributed by atoms with van der Waals surface area (Å²) < 4.78 is 10.7. The fraction of sp³-hybridized carbons (Fsp3) is 0.500. The van der Waals surface area contributed by atoms with Gasteiger partial charge in [-0.05, 0) is 19.4 Å². The van der Waals surface area contributed by atoms with E-state index in [1.807, 2.05) is 32.0 Å². The summed E-state index contributed by atoms with van der Waals surface area (Å²) in [6, 6.07) is 5.98. The SMILES string of the molecule is CCC(C)NC(=O)CNCc1cccc2c1OCO2. The minimum atomic E-state index is 0.0131. The van der Waals surface area contributed by atoms with Gasteiger partial charge in [-0.15, -0.1) is 0 Å². The number of hydrogen-bond donors (Lipinski definition) is 2. The highest BCUT2D eigenvalue weighted by Crippen LogP contribution is 2.35. The molecule has 19 heavy (non-hydrogen) atoms. The van der Waals surface area contributed by atoms with Crippen molar-refractivity contribution in [3.05, 3.63) is 23.8 Å². The number of carbonyl (C=O) groups is 1. The highest BCUT2D eigenvalue weighted by Gasteiger charge is 2.16. The Kier molecular flexibility index (Phi) is 4.63. The maximum Gasteiger partial charge on any atom is 0.234 e. The van der Waals surface area contributed by atoms with Gasteiger partial charge in [-0.25, -0.2) is 0 Å². The summed E-state index contributed by atoms with van der Waals surface area (Å²) in [4.78, 5) is 11.6. The number of benzene rings is 1. The largest absolute Gasteiger partial charge is 0.454 e. The van der Waals surface area contributed by atoms with Gasteiger partial charge >= 0.3 is 0 Å². The van der Waals surface area contributed by atoms with Gasteiger partial charge in [-0.1, -0.05) is 19.1 Å². The molecule has 1 atom stereocenters. The lowest BCUT2D eigenvalue weighted by atomic mass is 10.2. The number of para-hydroxylation sites is 1. The van der Waals surface area contributed by atoms with Crippen molar-refractivity contribution in [2.45, 2.75) is 32.9 Å². The van der Waals surface area contributed by atoms with Crippen LogP contribution in [0, 0.1) is 0 Å². The first-order valence-electron chi connectivity index (χ1n) is 6.58. The normalized spacial score (nSPS) is 14.2. The Balaban J connectivity index is 1.80. The van der Waals surface area contributed by atoms with E-state index in [9.17, 15) is 4.79 Å². The van der Waals surface area contributed by atoms with Crippen molar-refractivity contribution >= 4 is 5.91 Å². The molecule has 1 aromatic rings. The van der Waals surface area contributed by atoms with Gasteiger partial charge in [0.05, 0.1) is 6.54 Å². The van der Waals surface area contributed by atoms with Gasteiger partial charge in [-0.3, -0.25) is 4.79 Å². The summed E-state index contributed by atoms with van der Waals surface area (Å²) in [7, 11) is 0. The van der Waals surface area contributed by atoms with Crippen LogP contribution in [-0.4, -0.2) is 25.3 Å². The predicted molar refractivity (Wildman–Crippen MR) is 72.2 cm³/mol. The zero-order chi connectivity index (χ0) is 13.7. The Morgan fingerprint density at radius 1 is 1.42 bits per heavy atom. The van der Waals surface area contributed by atoms with Crippen molar-refractivity contribution < 1.29 is 14.3 Å². The number of carbonyl (C=O) groups excluding carboxylic acids is 1. The second kappa shape index (κ2) is 6.43. The van der Waals surface area contributed by atoms with Crippen molar-refractivity contribution in [3.8, 4) is 11.5 Å². The van der Waals surface area contributed by atoms with Crippen LogP contribution in [0.2, 0.25) is 0 Å². The summed E-state index contributed by atoms with van der Waals surface area (Å²) in [5.41, 5.74) is 1.01. The third-order valence-electron chi connectivity index (χ3n) is 3.10. The molecule has 1 aliphatic rings. The summed E-state index contributed by atoms with van der Waals surface area (Å²) in [6.45, 7) is 5.19. The molecule has 0 saturated heterocycles. The Bertz CT molecular complexity index is 448. The highest BCUT2D eigenvalue weighted by atomic mass is 16.7. The van der Waals surface area contributed by atoms with Crippen molar-refractivity contribution in [2.75, 3.05) is 13.3 Å². The average Bonchev–Trinajstić information content (AvgIpc) is 2.87. The first-order chi connectivity index (χ1) is 9.20. The summed E-state index contributed by atoms with van der Waals surface area (Å²) in [5.74, 6) is 1.56. The van der Waals surface area contributed by atoms with Crippen LogP contribution in [0.3, 0.4) is 0 Å². The van der Waals surface area contributed by atoms with Gasteiger partial charge in [0, 0.05) is 18.2 Å². The predicted octanol–water partition coefficient (Wildman–Crippen LogP) is 1.42. The number of hydrogen-bond acceptors (Lipinski definition) is 4. The fourth-order valence-corrected chi connectivity index (χ4v) is 1.87. The topological polar surface area (TPSA) is 59.6 Å². The molecule has 0 radical (unpaired) electrons. The Labute approximate surface area is 113 Å². The molecule has 0 spiro atoms. The first-order valence-corrected chi connectivity index (χ1v) is 6.58. The number of ether oxygens (including phenoxy) is 2. The number of nitrogens with one attached hydrogen (secondary N) is 2. The van der Waals surface area contributed by atoms with Gasteiger partial charge in [0.1, 0.15) is 0 Å². The van der Waals surface area contributed by atoms with Gasteiger partial charge < -0.3 is 20.1 Å². The standard InChI is InChI=1S/C14H20N2O3/c1-3-10(2)16-13(17)8-15-7-11-5-4-6-12-14(11)19-9-18-12/h4-6,10,15H,3,7-9H2,1-2H3,(H,16,17). The van der Waals surface area contributed by atoms with Gasteiger partial charge in [0.15, 0.2) is 11.5 Å². The van der Waals surface area contributed by atoms with E-state index >= 15 is 0 Å². The van der Waals surface area contributed by atoms with E-state index in [-0.39, 0.29) is 18.7 Å². The molecule has 5 nitrogen and oxygen atoms in total. The molecule has 1 heterocycles. The van der Waals surface area contributed by atoms with Gasteiger partial charge in [0.25, 0.3) is 0 Å². The summed E-state index contributed by atoms with van der Waals surface area (Å²) in [5, 5.41) is 6.02. The Morgan fingerprint density at radius 3 is 3.05 bits per heavy atom. The first kappa shape index (κ1) is 13.7. The number of amides is 1. The highest BCUT2D eigenvalue weighted by molar-refractivity contribution is 5.78. The van der Waals surface area contributed by atoms with E-state index < -0.39 is 0 Å². The van der Waals surface area contributed by atoms with E-state index in [4.69, 9.17) is 9.47 Å². The van der Waals surface area contributed by atoms with E-state index in [2.05, 4.69) is 10.6 Å². The lowest BCUT2D eigenvalue weighted by Gasteiger charge is -2.12. The molecule has 0 saturated carbocycles. The third kappa shape index (κ3) is 3.61. The van der Waals surface area contributed by atoms with Crippen LogP contribution in [0.4, 0.5) is 0 Å². The maximum absolute atomic E-state index is 11.6. The van der Waals surface area contributed by atoms with Crippen LogP contribution in [0.25, 0.3) is 0 Å². The average molecular weight is 264 g/mol. The van der Waals surface area contributed by atoms with Crippen molar-refractivity contribution in [3.63, 3.8) is 0 Å². The monoisotopic (exact) mass is 264 g/mol. The Hall–Kier alpha value is -1.75. The van der Waals surface area contributed by atoms with Crippen LogP contribution in [0.5, 0.6) is 11.5 Å². The molecule has 1 amide bonds. The second-order valence-electron chi connectivity index (χ2n) is 4.63. The van der Waals surface area contributed by atoms with E-state index in [0.29, 0.717) is 13.1 Å². The molecule has 0 aromatic heterocycles. The second-order valence-corrected chi connectivity index (χ2v) is 4.63. The molecule has 1 aliphatic heterocycles. The lowest BCUT2D eigenvalue weighted by molar-refractivity contribution is -0.120. The maximum atomic E-state index is 11.6. The van der Waals surface area contributed by atoms with Crippen molar-refractivity contribution in [2.24, 2.45) is 0 Å². The van der Waals surface area contributed by atoms with E-state index in [1.165, 1.54) is 0 Å². The lowest BCUT2D eigenvalue weighted by Crippen LogP contribution is -2.38. The van der Waals surface area contributed by atoms with Crippen molar-refractivity contribution in [1.82, 2.24) is 10.6 Å². The van der Waals surface area contributed by atoms with Crippen LogP contribution < -0.4 is 20.1 Å². The molecular formula is C14H20N2O3. The smallest absolute Gasteiger partial charge is 0.234 e. The number of rotatable bonds is 6. The van der Waals surface area contributed by atoms with Crippen molar-refractivity contribution in [1.29, 1.82) is 0 Å². The van der Waals surface area contributed by atoms with Gasteiger partial charge in [0.2, 0.25) is 12.7 Å². The molecule has 5 heteroatoms. The zero-order valence-corrected chi connectivity index (χ0v) is 11.4. The number of fused-ring (bicyclic) bond motifs is 1. The zero-order valence-electron chi connectivity index (χ0n) is 11.4. The molecule has 0 aliphatic carbocycles.